The number of ether oxygens (including phenoxy) is 2. The third kappa shape index (κ3) is 4.15. The summed E-state index contributed by atoms with van der Waals surface area (Å²) in [5.41, 5.74) is 3.31. The summed E-state index contributed by atoms with van der Waals surface area (Å²) in [7, 11) is 3.04. The molecule has 120 valence electrons. The van der Waals surface area contributed by atoms with Crippen LogP contribution in [0.2, 0.25) is 10.0 Å². The van der Waals surface area contributed by atoms with Crippen LogP contribution in [0.1, 0.15) is 15.9 Å². The highest BCUT2D eigenvalue weighted by Crippen LogP contribution is 2.32. The fourth-order valence-corrected chi connectivity index (χ4v) is 2.26. The molecule has 0 heterocycles. The maximum Gasteiger partial charge on any atom is 0.272 e. The van der Waals surface area contributed by atoms with E-state index in [4.69, 9.17) is 32.7 Å². The summed E-state index contributed by atoms with van der Waals surface area (Å²) in [6, 6.07) is 9.97. The van der Waals surface area contributed by atoms with E-state index in [1.165, 1.54) is 20.4 Å². The molecule has 2 aromatic rings. The van der Waals surface area contributed by atoms with Gasteiger partial charge in [-0.1, -0.05) is 35.3 Å². The molecule has 7 heteroatoms. The van der Waals surface area contributed by atoms with Crippen LogP contribution in [0, 0.1) is 0 Å². The number of carbonyl (C=O) groups excluding carboxylic acids is 1. The normalized spacial score (nSPS) is 10.6. The number of rotatable bonds is 5. The van der Waals surface area contributed by atoms with Gasteiger partial charge in [0.15, 0.2) is 11.5 Å². The van der Waals surface area contributed by atoms with Crippen LogP contribution >= 0.6 is 23.2 Å². The van der Waals surface area contributed by atoms with Crippen molar-refractivity contribution in [1.82, 2.24) is 5.43 Å². The second-order valence-electron chi connectivity index (χ2n) is 4.41. The van der Waals surface area contributed by atoms with Crippen LogP contribution in [0.15, 0.2) is 41.5 Å². The quantitative estimate of drug-likeness (QED) is 0.658. The first-order valence-corrected chi connectivity index (χ1v) is 7.32. The van der Waals surface area contributed by atoms with E-state index in [1.54, 1.807) is 36.4 Å². The summed E-state index contributed by atoms with van der Waals surface area (Å²) in [6.45, 7) is 0. The predicted octanol–water partition coefficient (Wildman–Crippen LogP) is 3.77. The van der Waals surface area contributed by atoms with E-state index in [-0.39, 0.29) is 0 Å². The van der Waals surface area contributed by atoms with Crippen LogP contribution < -0.4 is 14.9 Å². The second kappa shape index (κ2) is 7.85. The largest absolute Gasteiger partial charge is 0.493 e. The number of hydrazone groups is 1. The number of nitrogens with zero attached hydrogens (tertiary/aromatic N) is 1. The lowest BCUT2D eigenvalue weighted by molar-refractivity contribution is 0.0955. The van der Waals surface area contributed by atoms with Gasteiger partial charge in [0.1, 0.15) is 0 Å². The van der Waals surface area contributed by atoms with Crippen molar-refractivity contribution in [1.29, 1.82) is 0 Å². The average molecular weight is 353 g/mol. The number of carbonyl (C=O) groups is 1. The van der Waals surface area contributed by atoms with Gasteiger partial charge in [0.2, 0.25) is 0 Å². The first kappa shape index (κ1) is 17.1. The van der Waals surface area contributed by atoms with Gasteiger partial charge in [-0.15, -0.1) is 0 Å². The molecular formula is C16H14Cl2N2O3. The molecule has 0 aliphatic carbocycles. The Hall–Kier alpha value is -2.24. The molecule has 0 spiro atoms. The van der Waals surface area contributed by atoms with Crippen LogP contribution in [0.25, 0.3) is 0 Å². The minimum Gasteiger partial charge on any atom is -0.493 e. The van der Waals surface area contributed by atoms with E-state index in [0.29, 0.717) is 32.7 Å². The summed E-state index contributed by atoms with van der Waals surface area (Å²) in [5, 5.41) is 4.65. The maximum absolute atomic E-state index is 12.0. The molecule has 0 atom stereocenters. The molecule has 23 heavy (non-hydrogen) atoms. The number of nitrogens with one attached hydrogen (secondary N) is 1. The van der Waals surface area contributed by atoms with Crippen LogP contribution in [-0.4, -0.2) is 26.3 Å². The Labute approximate surface area is 143 Å². The van der Waals surface area contributed by atoms with Crippen LogP contribution in [0.4, 0.5) is 0 Å². The van der Waals surface area contributed by atoms with E-state index < -0.39 is 5.91 Å². The molecule has 0 fully saturated rings. The summed E-state index contributed by atoms with van der Waals surface area (Å²) in [5.74, 6) is 0.606. The van der Waals surface area contributed by atoms with E-state index in [1.807, 2.05) is 0 Å². The van der Waals surface area contributed by atoms with Gasteiger partial charge in [-0.25, -0.2) is 5.43 Å². The fraction of sp³-hybridized carbons (Fsp3) is 0.125. The zero-order chi connectivity index (χ0) is 16.8. The van der Waals surface area contributed by atoms with E-state index in [9.17, 15) is 4.79 Å². The third-order valence-electron chi connectivity index (χ3n) is 2.99. The number of hydrogen-bond acceptors (Lipinski definition) is 4. The predicted molar refractivity (Wildman–Crippen MR) is 91.1 cm³/mol. The first-order valence-electron chi connectivity index (χ1n) is 6.56. The van der Waals surface area contributed by atoms with Gasteiger partial charge >= 0.3 is 0 Å². The molecule has 1 amide bonds. The number of benzene rings is 2. The van der Waals surface area contributed by atoms with Crippen molar-refractivity contribution in [2.75, 3.05) is 14.2 Å². The number of methoxy groups -OCH3 is 2. The first-order chi connectivity index (χ1) is 11.1. The molecule has 0 unspecified atom stereocenters. The minimum atomic E-state index is -0.413. The van der Waals surface area contributed by atoms with Gasteiger partial charge in [-0.3, -0.25) is 4.79 Å². The van der Waals surface area contributed by atoms with Gasteiger partial charge in [0, 0.05) is 11.6 Å². The molecule has 2 rings (SSSR count). The van der Waals surface area contributed by atoms with Crippen molar-refractivity contribution in [3.63, 3.8) is 0 Å². The van der Waals surface area contributed by atoms with Crippen molar-refractivity contribution < 1.29 is 14.3 Å². The lowest BCUT2D eigenvalue weighted by Crippen LogP contribution is -2.18. The van der Waals surface area contributed by atoms with Crippen molar-refractivity contribution in [3.05, 3.63) is 57.6 Å². The number of hydrogen-bond donors (Lipinski definition) is 1. The lowest BCUT2D eigenvalue weighted by Gasteiger charge is -2.09. The Morgan fingerprint density at radius 2 is 1.74 bits per heavy atom. The highest BCUT2D eigenvalue weighted by Gasteiger charge is 2.10. The second-order valence-corrected chi connectivity index (χ2v) is 5.22. The van der Waals surface area contributed by atoms with Crippen molar-refractivity contribution in [3.8, 4) is 11.5 Å². The molecule has 0 saturated heterocycles. The molecule has 0 aliphatic heterocycles. The topological polar surface area (TPSA) is 59.9 Å². The smallest absolute Gasteiger partial charge is 0.272 e. The highest BCUT2D eigenvalue weighted by molar-refractivity contribution is 6.34. The molecule has 2 aromatic carbocycles. The van der Waals surface area contributed by atoms with Gasteiger partial charge in [0.25, 0.3) is 5.91 Å². The summed E-state index contributed by atoms with van der Waals surface area (Å²) < 4.78 is 10.3. The van der Waals surface area contributed by atoms with E-state index in [2.05, 4.69) is 10.5 Å². The number of halogens is 2. The Kier molecular flexibility index (Phi) is 5.84. The van der Waals surface area contributed by atoms with Crippen LogP contribution in [0.3, 0.4) is 0 Å². The van der Waals surface area contributed by atoms with Gasteiger partial charge in [0.05, 0.1) is 36.0 Å². The zero-order valence-electron chi connectivity index (χ0n) is 12.5. The zero-order valence-corrected chi connectivity index (χ0v) is 14.0. The molecule has 5 nitrogen and oxygen atoms in total. The van der Waals surface area contributed by atoms with Crippen molar-refractivity contribution in [2.45, 2.75) is 0 Å². The lowest BCUT2D eigenvalue weighted by atomic mass is 10.2. The third-order valence-corrected chi connectivity index (χ3v) is 3.65. The fourth-order valence-electron chi connectivity index (χ4n) is 1.83. The highest BCUT2D eigenvalue weighted by atomic mass is 35.5. The van der Waals surface area contributed by atoms with Crippen molar-refractivity contribution in [2.24, 2.45) is 5.10 Å². The molecule has 1 N–H and O–H groups in total. The average Bonchev–Trinajstić information content (AvgIpc) is 2.56. The Balaban J connectivity index is 2.15. The van der Waals surface area contributed by atoms with E-state index >= 15 is 0 Å². The molecule has 0 aliphatic rings. The molecule has 0 saturated carbocycles. The van der Waals surface area contributed by atoms with E-state index in [0.717, 1.165) is 0 Å². The van der Waals surface area contributed by atoms with Crippen LogP contribution in [-0.2, 0) is 0 Å². The molecular weight excluding hydrogens is 339 g/mol. The van der Waals surface area contributed by atoms with Crippen molar-refractivity contribution >= 4 is 35.3 Å². The molecule has 0 aromatic heterocycles. The Morgan fingerprint density at radius 3 is 2.39 bits per heavy atom. The summed E-state index contributed by atoms with van der Waals surface area (Å²) >= 11 is 12.1. The van der Waals surface area contributed by atoms with Gasteiger partial charge in [-0.2, -0.15) is 5.10 Å². The minimum absolute atomic E-state index is 0.338. The monoisotopic (exact) mass is 352 g/mol. The van der Waals surface area contributed by atoms with Crippen LogP contribution in [0.5, 0.6) is 11.5 Å². The Bertz CT molecular complexity index is 748. The standard InChI is InChI=1S/C16H14Cl2N2O3/c1-22-14-7-10(13(18)8-15(14)23-2)9-19-20-16(21)11-5-3-4-6-12(11)17/h3-9H,1-2H3,(H,20,21)/b19-9+. The van der Waals surface area contributed by atoms with Gasteiger partial charge < -0.3 is 9.47 Å². The number of amides is 1. The van der Waals surface area contributed by atoms with Gasteiger partial charge in [-0.05, 0) is 18.2 Å². The molecule has 0 radical (unpaired) electrons. The SMILES string of the molecule is COc1cc(Cl)c(/C=N/NC(=O)c2ccccc2Cl)cc1OC. The maximum atomic E-state index is 12.0. The Morgan fingerprint density at radius 1 is 1.09 bits per heavy atom. The summed E-state index contributed by atoms with van der Waals surface area (Å²) in [4.78, 5) is 12.0. The summed E-state index contributed by atoms with van der Waals surface area (Å²) in [6.07, 6.45) is 1.42. The molecule has 0 bridgehead atoms.